The number of hydrogen-bond donors (Lipinski definition) is 3. The highest BCUT2D eigenvalue weighted by molar-refractivity contribution is 7.99. The van der Waals surface area contributed by atoms with E-state index >= 15 is 0 Å². The van der Waals surface area contributed by atoms with E-state index in [0.29, 0.717) is 18.1 Å². The van der Waals surface area contributed by atoms with Crippen molar-refractivity contribution < 1.29 is 23.9 Å². The molecule has 1 saturated heterocycles. The van der Waals surface area contributed by atoms with Crippen LogP contribution >= 0.6 is 11.8 Å². The number of hydrogen-bond acceptors (Lipinski definition) is 6. The van der Waals surface area contributed by atoms with Crippen molar-refractivity contribution in [1.82, 2.24) is 16.0 Å². The molecule has 2 unspecified atom stereocenters. The van der Waals surface area contributed by atoms with Crippen LogP contribution in [0, 0.1) is 0 Å². The number of amides is 3. The minimum Gasteiger partial charge on any atom is -0.449 e. The second-order valence-electron chi connectivity index (χ2n) is 9.57. The Morgan fingerprint density at radius 2 is 1.63 bits per heavy atom. The van der Waals surface area contributed by atoms with Gasteiger partial charge in [0.2, 0.25) is 5.91 Å². The monoisotopic (exact) mass is 497 g/mol. The molecule has 4 rings (SSSR count). The first-order valence-corrected chi connectivity index (χ1v) is 12.8. The van der Waals surface area contributed by atoms with Gasteiger partial charge in [0.05, 0.1) is 6.04 Å². The van der Waals surface area contributed by atoms with Gasteiger partial charge in [-0.05, 0) is 43.0 Å². The van der Waals surface area contributed by atoms with E-state index < -0.39 is 23.8 Å². The Morgan fingerprint density at radius 3 is 2.23 bits per heavy atom. The van der Waals surface area contributed by atoms with Crippen molar-refractivity contribution in [3.05, 3.63) is 59.7 Å². The minimum absolute atomic E-state index is 0.0350. The van der Waals surface area contributed by atoms with Gasteiger partial charge < -0.3 is 25.4 Å². The third kappa shape index (κ3) is 6.08. The Hall–Kier alpha value is -3.20. The van der Waals surface area contributed by atoms with Crippen LogP contribution < -0.4 is 16.0 Å². The first-order chi connectivity index (χ1) is 16.7. The lowest BCUT2D eigenvalue weighted by Crippen LogP contribution is -2.70. The van der Waals surface area contributed by atoms with Crippen LogP contribution in [0.15, 0.2) is 48.5 Å². The molecule has 1 fully saturated rings. The number of carbonyl (C=O) groups is 3. The summed E-state index contributed by atoms with van der Waals surface area (Å²) in [5.41, 5.74) is 4.06. The maximum absolute atomic E-state index is 12.5. The lowest BCUT2D eigenvalue weighted by molar-refractivity contribution is -0.130. The van der Waals surface area contributed by atoms with Crippen molar-refractivity contribution in [3.63, 3.8) is 0 Å². The number of carbonyl (C=O) groups excluding carboxylic acids is 3. The molecule has 186 valence electrons. The van der Waals surface area contributed by atoms with E-state index in [1.165, 1.54) is 0 Å². The average Bonchev–Trinajstić information content (AvgIpc) is 3.13. The molecule has 1 heterocycles. The molecule has 8 nitrogen and oxygen atoms in total. The van der Waals surface area contributed by atoms with Gasteiger partial charge >= 0.3 is 12.2 Å². The Balaban J connectivity index is 1.21. The van der Waals surface area contributed by atoms with Gasteiger partial charge in [-0.2, -0.15) is 11.8 Å². The van der Waals surface area contributed by atoms with Crippen molar-refractivity contribution in [2.45, 2.75) is 44.4 Å². The average molecular weight is 498 g/mol. The van der Waals surface area contributed by atoms with Crippen LogP contribution in [0.25, 0.3) is 11.1 Å². The van der Waals surface area contributed by atoms with Gasteiger partial charge in [0.25, 0.3) is 0 Å². The van der Waals surface area contributed by atoms with Crippen molar-refractivity contribution in [2.24, 2.45) is 0 Å². The standard InChI is InChI=1S/C26H31N3O5S/c1-26(2,3)34-24(31)27-12-13-35-15-21-22(23(30)28-21)29-25(32)33-14-20-18-10-6-4-8-16(18)17-9-5-7-11-19(17)20/h4-11,20-22H,12-15H2,1-3H3,(H,27,31)(H,28,30)(H,29,32). The van der Waals surface area contributed by atoms with E-state index in [1.54, 1.807) is 11.8 Å². The SMILES string of the molecule is CC(C)(C)OC(=O)NCCSCC1NC(=O)C1NC(=O)OCC1c2ccccc2-c2ccccc21. The van der Waals surface area contributed by atoms with E-state index in [0.717, 1.165) is 22.3 Å². The first-order valence-electron chi connectivity index (χ1n) is 11.7. The summed E-state index contributed by atoms with van der Waals surface area (Å²) >= 11 is 1.57. The summed E-state index contributed by atoms with van der Waals surface area (Å²) in [6.45, 7) is 6.08. The Kier molecular flexibility index (Phi) is 7.54. The number of alkyl carbamates (subject to hydrolysis) is 2. The van der Waals surface area contributed by atoms with E-state index in [4.69, 9.17) is 9.47 Å². The molecule has 0 aromatic heterocycles. The highest BCUT2D eigenvalue weighted by Crippen LogP contribution is 2.44. The minimum atomic E-state index is -0.628. The predicted octanol–water partition coefficient (Wildman–Crippen LogP) is 3.65. The molecular formula is C26H31N3O5S. The van der Waals surface area contributed by atoms with Crippen LogP contribution in [-0.2, 0) is 14.3 Å². The summed E-state index contributed by atoms with van der Waals surface area (Å²) in [5.74, 6) is 1.00. The van der Waals surface area contributed by atoms with Crippen LogP contribution in [0.1, 0.15) is 37.8 Å². The van der Waals surface area contributed by atoms with Gasteiger partial charge in [-0.25, -0.2) is 9.59 Å². The van der Waals surface area contributed by atoms with Crippen molar-refractivity contribution >= 4 is 29.9 Å². The molecule has 2 aromatic rings. The number of rotatable bonds is 8. The molecule has 9 heteroatoms. The summed E-state index contributed by atoms with van der Waals surface area (Å²) in [5, 5.41) is 8.21. The van der Waals surface area contributed by atoms with E-state index in [2.05, 4.69) is 40.2 Å². The summed E-state index contributed by atoms with van der Waals surface area (Å²) in [6, 6.07) is 15.5. The smallest absolute Gasteiger partial charge is 0.407 e. The van der Waals surface area contributed by atoms with Gasteiger partial charge in [-0.1, -0.05) is 48.5 Å². The van der Waals surface area contributed by atoms with E-state index in [9.17, 15) is 14.4 Å². The zero-order valence-electron chi connectivity index (χ0n) is 20.1. The van der Waals surface area contributed by atoms with E-state index in [-0.39, 0.29) is 24.5 Å². The van der Waals surface area contributed by atoms with Gasteiger partial charge in [0.15, 0.2) is 0 Å². The second-order valence-corrected chi connectivity index (χ2v) is 10.7. The van der Waals surface area contributed by atoms with Crippen LogP contribution in [0.4, 0.5) is 9.59 Å². The normalized spacial score (nSPS) is 18.5. The molecule has 0 bridgehead atoms. The zero-order valence-corrected chi connectivity index (χ0v) is 20.9. The molecule has 35 heavy (non-hydrogen) atoms. The predicted molar refractivity (Wildman–Crippen MR) is 135 cm³/mol. The van der Waals surface area contributed by atoms with Gasteiger partial charge in [0, 0.05) is 24.0 Å². The largest absolute Gasteiger partial charge is 0.449 e. The summed E-state index contributed by atoms with van der Waals surface area (Å²) in [6.07, 6.45) is -1.06. The number of benzene rings is 2. The molecule has 2 aromatic carbocycles. The second kappa shape index (κ2) is 10.6. The topological polar surface area (TPSA) is 106 Å². The van der Waals surface area contributed by atoms with Crippen molar-refractivity contribution in [3.8, 4) is 11.1 Å². The Morgan fingerprint density at radius 1 is 1.00 bits per heavy atom. The molecule has 1 aliphatic carbocycles. The third-order valence-electron chi connectivity index (χ3n) is 5.84. The van der Waals surface area contributed by atoms with Gasteiger partial charge in [0.1, 0.15) is 18.2 Å². The van der Waals surface area contributed by atoms with Crippen LogP contribution in [-0.4, -0.2) is 60.4 Å². The highest BCUT2D eigenvalue weighted by atomic mass is 32.2. The number of thioether (sulfide) groups is 1. The van der Waals surface area contributed by atoms with Crippen molar-refractivity contribution in [1.29, 1.82) is 0 Å². The molecular weight excluding hydrogens is 466 g/mol. The number of β-lactam (4-membered cyclic amide) rings is 1. The molecule has 3 amide bonds. The molecule has 0 radical (unpaired) electrons. The fraction of sp³-hybridized carbons (Fsp3) is 0.423. The molecule has 0 spiro atoms. The fourth-order valence-corrected chi connectivity index (χ4v) is 5.21. The lowest BCUT2D eigenvalue weighted by atomic mass is 9.98. The fourth-order valence-electron chi connectivity index (χ4n) is 4.26. The number of nitrogens with one attached hydrogen (secondary N) is 3. The summed E-state index contributed by atoms with van der Waals surface area (Å²) in [7, 11) is 0. The molecule has 1 aliphatic heterocycles. The Labute approximate surface area is 209 Å². The van der Waals surface area contributed by atoms with Crippen LogP contribution in [0.3, 0.4) is 0 Å². The van der Waals surface area contributed by atoms with Gasteiger partial charge in [-0.15, -0.1) is 0 Å². The lowest BCUT2D eigenvalue weighted by Gasteiger charge is -2.36. The van der Waals surface area contributed by atoms with Gasteiger partial charge in [-0.3, -0.25) is 4.79 Å². The maximum atomic E-state index is 12.5. The van der Waals surface area contributed by atoms with Crippen LogP contribution in [0.5, 0.6) is 0 Å². The zero-order chi connectivity index (χ0) is 25.0. The third-order valence-corrected chi connectivity index (χ3v) is 6.93. The quantitative estimate of drug-likeness (QED) is 0.380. The summed E-state index contributed by atoms with van der Waals surface area (Å²) in [4.78, 5) is 36.2. The molecule has 3 N–H and O–H groups in total. The van der Waals surface area contributed by atoms with Crippen LogP contribution in [0.2, 0.25) is 0 Å². The first kappa shape index (κ1) is 24.9. The number of ether oxygens (including phenoxy) is 2. The summed E-state index contributed by atoms with van der Waals surface area (Å²) < 4.78 is 10.7. The molecule has 2 atom stereocenters. The maximum Gasteiger partial charge on any atom is 0.407 e. The van der Waals surface area contributed by atoms with Crippen molar-refractivity contribution in [2.75, 3.05) is 24.7 Å². The Bertz CT molecular complexity index is 1050. The number of fused-ring (bicyclic) bond motifs is 3. The van der Waals surface area contributed by atoms with E-state index in [1.807, 2.05) is 45.0 Å². The molecule has 2 aliphatic rings. The highest BCUT2D eigenvalue weighted by Gasteiger charge is 2.40. The molecule has 0 saturated carbocycles.